The topological polar surface area (TPSA) is 24.5 Å². The van der Waals surface area contributed by atoms with Crippen LogP contribution in [-0.2, 0) is 4.74 Å². The predicted octanol–water partition coefficient (Wildman–Crippen LogP) is 0.954. The first-order valence-corrected chi connectivity index (χ1v) is 5.71. The van der Waals surface area contributed by atoms with E-state index in [1.54, 1.807) is 7.11 Å². The van der Waals surface area contributed by atoms with Crippen molar-refractivity contribution in [2.24, 2.45) is 5.92 Å². The molecular weight excluding hydrogens is 176 g/mol. The molecule has 0 amide bonds. The van der Waals surface area contributed by atoms with Gasteiger partial charge in [0, 0.05) is 26.7 Å². The number of ether oxygens (including phenoxy) is 1. The van der Waals surface area contributed by atoms with E-state index in [-0.39, 0.29) is 0 Å². The third kappa shape index (κ3) is 6.35. The molecule has 0 radical (unpaired) electrons. The number of hydrogen-bond donors (Lipinski definition) is 1. The smallest absolute Gasteiger partial charge is 0.0587 e. The van der Waals surface area contributed by atoms with Crippen LogP contribution in [0.3, 0.4) is 0 Å². The lowest BCUT2D eigenvalue weighted by Gasteiger charge is -2.16. The van der Waals surface area contributed by atoms with Gasteiger partial charge in [0.25, 0.3) is 0 Å². The Morgan fingerprint density at radius 1 is 1.29 bits per heavy atom. The van der Waals surface area contributed by atoms with E-state index >= 15 is 0 Å². The second kappa shape index (κ2) is 7.21. The van der Waals surface area contributed by atoms with Gasteiger partial charge < -0.3 is 15.0 Å². The van der Waals surface area contributed by atoms with E-state index in [2.05, 4.69) is 17.3 Å². The largest absolute Gasteiger partial charge is 0.383 e. The Morgan fingerprint density at radius 3 is 2.71 bits per heavy atom. The zero-order chi connectivity index (χ0) is 10.2. The summed E-state index contributed by atoms with van der Waals surface area (Å²) in [6, 6.07) is 0. The summed E-state index contributed by atoms with van der Waals surface area (Å²) < 4.78 is 4.96. The van der Waals surface area contributed by atoms with E-state index < -0.39 is 0 Å². The summed E-state index contributed by atoms with van der Waals surface area (Å²) in [5.41, 5.74) is 0. The van der Waals surface area contributed by atoms with Gasteiger partial charge in [0.15, 0.2) is 0 Å². The second-order valence-corrected chi connectivity index (χ2v) is 4.28. The van der Waals surface area contributed by atoms with Crippen LogP contribution in [0.5, 0.6) is 0 Å². The van der Waals surface area contributed by atoms with E-state index in [4.69, 9.17) is 4.74 Å². The number of hydrogen-bond acceptors (Lipinski definition) is 3. The van der Waals surface area contributed by atoms with Crippen molar-refractivity contribution in [3.63, 3.8) is 0 Å². The summed E-state index contributed by atoms with van der Waals surface area (Å²) in [6.07, 6.45) is 4.34. The van der Waals surface area contributed by atoms with Crippen LogP contribution in [0, 0.1) is 5.92 Å². The van der Waals surface area contributed by atoms with Crippen LogP contribution < -0.4 is 5.32 Å². The molecule has 1 aliphatic rings. The highest BCUT2D eigenvalue weighted by Crippen LogP contribution is 2.32. The van der Waals surface area contributed by atoms with Gasteiger partial charge in [0.1, 0.15) is 0 Å². The molecule has 1 saturated carbocycles. The van der Waals surface area contributed by atoms with Crippen LogP contribution in [0.2, 0.25) is 0 Å². The highest BCUT2D eigenvalue weighted by Gasteiger charge is 2.20. The van der Waals surface area contributed by atoms with Gasteiger partial charge in [-0.3, -0.25) is 0 Å². The fourth-order valence-corrected chi connectivity index (χ4v) is 1.49. The molecule has 1 aliphatic carbocycles. The van der Waals surface area contributed by atoms with Gasteiger partial charge in [-0.1, -0.05) is 12.8 Å². The van der Waals surface area contributed by atoms with Crippen molar-refractivity contribution in [1.29, 1.82) is 0 Å². The Labute approximate surface area is 87.8 Å². The van der Waals surface area contributed by atoms with Crippen LogP contribution in [0.4, 0.5) is 0 Å². The second-order valence-electron chi connectivity index (χ2n) is 4.28. The predicted molar refractivity (Wildman–Crippen MR) is 59.6 cm³/mol. The number of nitrogens with zero attached hydrogens (tertiary/aromatic N) is 1. The Balaban J connectivity index is 1.79. The van der Waals surface area contributed by atoms with Crippen molar-refractivity contribution in [3.8, 4) is 0 Å². The molecule has 0 aromatic carbocycles. The first-order chi connectivity index (χ1) is 6.83. The molecule has 0 saturated heterocycles. The fourth-order valence-electron chi connectivity index (χ4n) is 1.49. The maximum atomic E-state index is 4.96. The molecule has 0 aliphatic heterocycles. The van der Waals surface area contributed by atoms with Crippen LogP contribution in [-0.4, -0.2) is 51.8 Å². The number of nitrogens with one attached hydrogen (secondary N) is 1. The van der Waals surface area contributed by atoms with Crippen LogP contribution in [0.25, 0.3) is 0 Å². The summed E-state index contributed by atoms with van der Waals surface area (Å²) in [5.74, 6) is 1.05. The molecule has 84 valence electrons. The molecule has 3 heteroatoms. The summed E-state index contributed by atoms with van der Waals surface area (Å²) >= 11 is 0. The van der Waals surface area contributed by atoms with Gasteiger partial charge in [-0.2, -0.15) is 0 Å². The molecule has 0 unspecified atom stereocenters. The van der Waals surface area contributed by atoms with Crippen LogP contribution in [0.1, 0.15) is 19.3 Å². The molecule has 0 aromatic heterocycles. The lowest BCUT2D eigenvalue weighted by Crippen LogP contribution is -2.31. The molecule has 0 heterocycles. The summed E-state index contributed by atoms with van der Waals surface area (Å²) in [4.78, 5) is 2.41. The van der Waals surface area contributed by atoms with E-state index in [1.807, 2.05) is 0 Å². The zero-order valence-electron chi connectivity index (χ0n) is 9.59. The van der Waals surface area contributed by atoms with Gasteiger partial charge in [-0.05, 0) is 25.9 Å². The minimum absolute atomic E-state index is 0.811. The number of rotatable bonds is 9. The molecule has 3 nitrogen and oxygen atoms in total. The average molecular weight is 200 g/mol. The molecule has 14 heavy (non-hydrogen) atoms. The van der Waals surface area contributed by atoms with Crippen molar-refractivity contribution >= 4 is 0 Å². The Morgan fingerprint density at radius 2 is 2.07 bits per heavy atom. The van der Waals surface area contributed by atoms with E-state index in [9.17, 15) is 0 Å². The number of likely N-dealkylation sites (N-methyl/N-ethyl adjacent to an activating group) is 1. The monoisotopic (exact) mass is 200 g/mol. The van der Waals surface area contributed by atoms with Crippen molar-refractivity contribution in [3.05, 3.63) is 0 Å². The minimum atomic E-state index is 0.811. The third-order valence-corrected chi connectivity index (χ3v) is 2.77. The van der Waals surface area contributed by atoms with E-state index in [1.165, 1.54) is 25.8 Å². The molecule has 1 N–H and O–H groups in total. The lowest BCUT2D eigenvalue weighted by atomic mass is 10.3. The molecule has 1 rings (SSSR count). The molecule has 1 fully saturated rings. The Bertz CT molecular complexity index is 137. The summed E-state index contributed by atoms with van der Waals surface area (Å²) in [5, 5.41) is 3.35. The van der Waals surface area contributed by atoms with Crippen molar-refractivity contribution in [1.82, 2.24) is 10.2 Å². The maximum absolute atomic E-state index is 4.96. The molecular formula is C11H24N2O. The van der Waals surface area contributed by atoms with Gasteiger partial charge >= 0.3 is 0 Å². The van der Waals surface area contributed by atoms with Gasteiger partial charge in [-0.25, -0.2) is 0 Å². The normalized spacial score (nSPS) is 16.5. The zero-order valence-corrected chi connectivity index (χ0v) is 9.59. The van der Waals surface area contributed by atoms with Crippen molar-refractivity contribution in [2.45, 2.75) is 19.3 Å². The van der Waals surface area contributed by atoms with Gasteiger partial charge in [0.05, 0.1) is 6.61 Å². The van der Waals surface area contributed by atoms with Crippen LogP contribution in [0.15, 0.2) is 0 Å². The highest BCUT2D eigenvalue weighted by molar-refractivity contribution is 4.74. The van der Waals surface area contributed by atoms with E-state index in [0.29, 0.717) is 0 Å². The fraction of sp³-hybridized carbons (Fsp3) is 1.00. The van der Waals surface area contributed by atoms with Crippen molar-refractivity contribution < 1.29 is 4.74 Å². The molecule has 0 atom stereocenters. The first kappa shape index (κ1) is 12.0. The average Bonchev–Trinajstić information content (AvgIpc) is 2.98. The SMILES string of the molecule is COCCNCCN(C)CCC1CC1. The van der Waals surface area contributed by atoms with Gasteiger partial charge in [-0.15, -0.1) is 0 Å². The Kier molecular flexibility index (Phi) is 6.15. The first-order valence-electron chi connectivity index (χ1n) is 5.71. The highest BCUT2D eigenvalue weighted by atomic mass is 16.5. The quantitative estimate of drug-likeness (QED) is 0.561. The van der Waals surface area contributed by atoms with Crippen molar-refractivity contribution in [2.75, 3.05) is 46.9 Å². The lowest BCUT2D eigenvalue weighted by molar-refractivity contribution is 0.197. The summed E-state index contributed by atoms with van der Waals surface area (Å²) in [6.45, 7) is 5.26. The Hall–Kier alpha value is -0.120. The molecule has 0 spiro atoms. The van der Waals surface area contributed by atoms with Crippen LogP contribution >= 0.6 is 0 Å². The maximum Gasteiger partial charge on any atom is 0.0587 e. The minimum Gasteiger partial charge on any atom is -0.383 e. The third-order valence-electron chi connectivity index (χ3n) is 2.77. The molecule has 0 aromatic rings. The molecule has 0 bridgehead atoms. The number of methoxy groups -OCH3 is 1. The van der Waals surface area contributed by atoms with Gasteiger partial charge in [0.2, 0.25) is 0 Å². The van der Waals surface area contributed by atoms with E-state index in [0.717, 1.165) is 32.2 Å². The summed E-state index contributed by atoms with van der Waals surface area (Å²) in [7, 11) is 3.95. The standard InChI is InChI=1S/C11H24N2O/c1-13(8-5-11-3-4-11)9-6-12-7-10-14-2/h11-12H,3-10H2,1-2H3.